The second kappa shape index (κ2) is 6.49. The molecule has 122 valence electrons. The van der Waals surface area contributed by atoms with Gasteiger partial charge in [0.2, 0.25) is 0 Å². The number of nitrogens with zero attached hydrogens (tertiary/aromatic N) is 1. The van der Waals surface area contributed by atoms with E-state index in [-0.39, 0.29) is 5.91 Å². The van der Waals surface area contributed by atoms with Crippen LogP contribution in [0.1, 0.15) is 46.2 Å². The van der Waals surface area contributed by atoms with Gasteiger partial charge in [-0.15, -0.1) is 0 Å². The summed E-state index contributed by atoms with van der Waals surface area (Å²) in [5, 5.41) is 3.03. The molecule has 4 heteroatoms. The highest BCUT2D eigenvalue weighted by atomic mass is 16.5. The van der Waals surface area contributed by atoms with E-state index in [1.807, 2.05) is 37.3 Å². The van der Waals surface area contributed by atoms with Crippen LogP contribution in [-0.4, -0.2) is 24.1 Å². The molecule has 23 heavy (non-hydrogen) atoms. The maximum absolute atomic E-state index is 12.4. The molecule has 1 N–H and O–H groups in total. The Balaban J connectivity index is 1.60. The summed E-state index contributed by atoms with van der Waals surface area (Å²) in [6.07, 6.45) is 3.25. The quantitative estimate of drug-likeness (QED) is 0.888. The third-order valence-corrected chi connectivity index (χ3v) is 4.47. The van der Waals surface area contributed by atoms with Crippen LogP contribution in [-0.2, 0) is 6.42 Å². The van der Waals surface area contributed by atoms with E-state index in [4.69, 9.17) is 4.74 Å². The Morgan fingerprint density at radius 2 is 2.09 bits per heavy atom. The molecule has 1 aromatic carbocycles. The highest BCUT2D eigenvalue weighted by molar-refractivity contribution is 5.95. The number of hydrogen-bond donors (Lipinski definition) is 1. The highest BCUT2D eigenvalue weighted by Gasteiger charge is 2.28. The average molecular weight is 312 g/mol. The van der Waals surface area contributed by atoms with Gasteiger partial charge in [0, 0.05) is 24.0 Å². The molecule has 2 aromatic rings. The Hall–Kier alpha value is -2.23. The van der Waals surface area contributed by atoms with Gasteiger partial charge in [-0.3, -0.25) is 4.79 Å². The minimum Gasteiger partial charge on any atom is -0.497 e. The number of carbonyl (C=O) groups excluding carboxylic acids is 1. The van der Waals surface area contributed by atoms with Crippen LogP contribution < -0.4 is 10.1 Å². The van der Waals surface area contributed by atoms with Crippen molar-refractivity contribution in [3.8, 4) is 5.75 Å². The Bertz CT molecular complexity index is 714. The first-order chi connectivity index (χ1) is 11.1. The van der Waals surface area contributed by atoms with Gasteiger partial charge in [-0.25, -0.2) is 0 Å². The molecule has 0 radical (unpaired) electrons. The maximum atomic E-state index is 12.4. The molecule has 1 fully saturated rings. The summed E-state index contributed by atoms with van der Waals surface area (Å²) in [7, 11) is 1.66. The number of aromatic nitrogens is 1. The zero-order valence-corrected chi connectivity index (χ0v) is 14.1. The van der Waals surface area contributed by atoms with Crippen LogP contribution in [0.2, 0.25) is 0 Å². The summed E-state index contributed by atoms with van der Waals surface area (Å²) in [5.41, 5.74) is 4.24. The lowest BCUT2D eigenvalue weighted by atomic mass is 10.1. The third kappa shape index (κ3) is 3.41. The van der Waals surface area contributed by atoms with Gasteiger partial charge < -0.3 is 14.6 Å². The number of amides is 1. The summed E-state index contributed by atoms with van der Waals surface area (Å²) in [6, 6.07) is 10.6. The van der Waals surface area contributed by atoms with Gasteiger partial charge in [0.15, 0.2) is 0 Å². The minimum absolute atomic E-state index is 0.0212. The van der Waals surface area contributed by atoms with E-state index in [0.717, 1.165) is 29.0 Å². The molecule has 1 aromatic heterocycles. The predicted octanol–water partition coefficient (Wildman–Crippen LogP) is 3.42. The van der Waals surface area contributed by atoms with Gasteiger partial charge in [-0.05, 0) is 56.9 Å². The third-order valence-electron chi connectivity index (χ3n) is 4.47. The van der Waals surface area contributed by atoms with Crippen LogP contribution in [0.25, 0.3) is 0 Å². The van der Waals surface area contributed by atoms with E-state index >= 15 is 0 Å². The lowest BCUT2D eigenvalue weighted by molar-refractivity contribution is 0.0953. The minimum atomic E-state index is 0.0212. The molecule has 1 aliphatic rings. The van der Waals surface area contributed by atoms with Crippen molar-refractivity contribution in [3.05, 3.63) is 52.8 Å². The first kappa shape index (κ1) is 15.7. The van der Waals surface area contributed by atoms with Gasteiger partial charge in [0.05, 0.1) is 12.7 Å². The van der Waals surface area contributed by atoms with Gasteiger partial charge in [-0.2, -0.15) is 0 Å². The van der Waals surface area contributed by atoms with Gasteiger partial charge in [-0.1, -0.05) is 12.1 Å². The van der Waals surface area contributed by atoms with E-state index in [0.29, 0.717) is 12.6 Å². The summed E-state index contributed by atoms with van der Waals surface area (Å²) in [4.78, 5) is 12.4. The average Bonchev–Trinajstić information content (AvgIpc) is 3.33. The Morgan fingerprint density at radius 1 is 1.30 bits per heavy atom. The Kier molecular flexibility index (Phi) is 4.42. The SMILES string of the molecule is COc1cccc(CCNC(=O)c2cc(C)n(C3CC3)c2C)c1. The molecule has 1 aliphatic carbocycles. The van der Waals surface area contributed by atoms with Crippen molar-refractivity contribution in [2.75, 3.05) is 13.7 Å². The molecule has 0 unspecified atom stereocenters. The van der Waals surface area contributed by atoms with Gasteiger partial charge in [0.25, 0.3) is 5.91 Å². The van der Waals surface area contributed by atoms with Crippen molar-refractivity contribution >= 4 is 5.91 Å². The fraction of sp³-hybridized carbons (Fsp3) is 0.421. The number of ether oxygens (including phenoxy) is 1. The predicted molar refractivity (Wildman–Crippen MR) is 91.2 cm³/mol. The number of nitrogens with one attached hydrogen (secondary N) is 1. The van der Waals surface area contributed by atoms with E-state index in [9.17, 15) is 4.79 Å². The molecular weight excluding hydrogens is 288 g/mol. The summed E-state index contributed by atoms with van der Waals surface area (Å²) < 4.78 is 7.52. The summed E-state index contributed by atoms with van der Waals surface area (Å²) in [5.74, 6) is 0.870. The lowest BCUT2D eigenvalue weighted by Crippen LogP contribution is -2.26. The molecular formula is C19H24N2O2. The smallest absolute Gasteiger partial charge is 0.253 e. The van der Waals surface area contributed by atoms with Crippen LogP contribution >= 0.6 is 0 Å². The van der Waals surface area contributed by atoms with Crippen LogP contribution in [0.5, 0.6) is 5.75 Å². The molecule has 1 saturated carbocycles. The molecule has 0 saturated heterocycles. The van der Waals surface area contributed by atoms with Crippen molar-refractivity contribution < 1.29 is 9.53 Å². The molecule has 1 heterocycles. The maximum Gasteiger partial charge on any atom is 0.253 e. The number of benzene rings is 1. The van der Waals surface area contributed by atoms with E-state index in [1.165, 1.54) is 18.5 Å². The first-order valence-electron chi connectivity index (χ1n) is 8.19. The van der Waals surface area contributed by atoms with Crippen LogP contribution in [0, 0.1) is 13.8 Å². The molecule has 0 aliphatic heterocycles. The largest absolute Gasteiger partial charge is 0.497 e. The monoisotopic (exact) mass is 312 g/mol. The normalized spacial score (nSPS) is 13.9. The van der Waals surface area contributed by atoms with Gasteiger partial charge >= 0.3 is 0 Å². The van der Waals surface area contributed by atoms with Crippen LogP contribution in [0.3, 0.4) is 0 Å². The molecule has 0 bridgehead atoms. The number of methoxy groups -OCH3 is 1. The van der Waals surface area contributed by atoms with Crippen LogP contribution in [0.15, 0.2) is 30.3 Å². The molecule has 0 atom stereocenters. The summed E-state index contributed by atoms with van der Waals surface area (Å²) in [6.45, 7) is 4.75. The summed E-state index contributed by atoms with van der Waals surface area (Å²) >= 11 is 0. The van der Waals surface area contributed by atoms with Gasteiger partial charge in [0.1, 0.15) is 5.75 Å². The van der Waals surface area contributed by atoms with Crippen LogP contribution in [0.4, 0.5) is 0 Å². The Labute approximate surface area is 137 Å². The Morgan fingerprint density at radius 3 is 2.78 bits per heavy atom. The topological polar surface area (TPSA) is 43.3 Å². The first-order valence-corrected chi connectivity index (χ1v) is 8.19. The standard InChI is InChI=1S/C19H24N2O2/c1-13-11-18(14(2)21(13)16-7-8-16)19(22)20-10-9-15-5-4-6-17(12-15)23-3/h4-6,11-12,16H,7-10H2,1-3H3,(H,20,22). The van der Waals surface area contributed by atoms with Crippen molar-refractivity contribution in [2.24, 2.45) is 0 Å². The fourth-order valence-corrected chi connectivity index (χ4v) is 3.15. The number of hydrogen-bond acceptors (Lipinski definition) is 2. The zero-order chi connectivity index (χ0) is 16.4. The molecule has 3 rings (SSSR count). The van der Waals surface area contributed by atoms with E-state index in [2.05, 4.69) is 16.8 Å². The molecule has 4 nitrogen and oxygen atoms in total. The number of rotatable bonds is 6. The second-order valence-corrected chi connectivity index (χ2v) is 6.24. The number of carbonyl (C=O) groups is 1. The zero-order valence-electron chi connectivity index (χ0n) is 14.1. The van der Waals surface area contributed by atoms with E-state index < -0.39 is 0 Å². The molecule has 1 amide bonds. The fourth-order valence-electron chi connectivity index (χ4n) is 3.15. The van der Waals surface area contributed by atoms with Crippen molar-refractivity contribution in [1.82, 2.24) is 9.88 Å². The lowest BCUT2D eigenvalue weighted by Gasteiger charge is -2.09. The molecule has 0 spiro atoms. The van der Waals surface area contributed by atoms with E-state index in [1.54, 1.807) is 7.11 Å². The highest BCUT2D eigenvalue weighted by Crippen LogP contribution is 2.38. The number of aryl methyl sites for hydroxylation is 1. The van der Waals surface area contributed by atoms with Crippen molar-refractivity contribution in [3.63, 3.8) is 0 Å². The van der Waals surface area contributed by atoms with Crippen molar-refractivity contribution in [1.29, 1.82) is 0 Å². The van der Waals surface area contributed by atoms with Crippen molar-refractivity contribution in [2.45, 2.75) is 39.2 Å². The second-order valence-electron chi connectivity index (χ2n) is 6.24.